The predicted molar refractivity (Wildman–Crippen MR) is 106 cm³/mol. The number of carbonyl (C=O) groups excluding carboxylic acids is 2. The van der Waals surface area contributed by atoms with Crippen LogP contribution >= 0.6 is 0 Å². The van der Waals surface area contributed by atoms with Crippen LogP contribution in [0.4, 0.5) is 11.4 Å². The van der Waals surface area contributed by atoms with E-state index in [0.29, 0.717) is 28.0 Å². The molecule has 1 aromatic heterocycles. The third-order valence-electron chi connectivity index (χ3n) is 4.43. The first-order valence-electron chi connectivity index (χ1n) is 8.28. The van der Waals surface area contributed by atoms with Crippen LogP contribution < -0.4 is 10.2 Å². The van der Waals surface area contributed by atoms with Crippen molar-refractivity contribution in [2.24, 2.45) is 0 Å². The lowest BCUT2D eigenvalue weighted by Gasteiger charge is -2.15. The molecule has 0 unspecified atom stereocenters. The molecular weight excluding hydrogens is 340 g/mol. The second-order valence-electron chi connectivity index (χ2n) is 6.10. The van der Waals surface area contributed by atoms with Gasteiger partial charge in [-0.3, -0.25) is 9.59 Å². The van der Waals surface area contributed by atoms with Gasteiger partial charge in [0.2, 0.25) is 5.91 Å². The van der Waals surface area contributed by atoms with Crippen molar-refractivity contribution in [3.8, 4) is 6.07 Å². The number of hydrogen-bond donors (Lipinski definition) is 2. The summed E-state index contributed by atoms with van der Waals surface area (Å²) in [6.07, 6.45) is 2.86. The number of amides is 2. The molecule has 1 heterocycles. The molecule has 134 valence electrons. The molecule has 0 atom stereocenters. The maximum Gasteiger partial charge on any atom is 0.255 e. The molecule has 6 nitrogen and oxygen atoms in total. The zero-order valence-corrected chi connectivity index (χ0v) is 15.0. The number of benzene rings is 2. The fourth-order valence-corrected chi connectivity index (χ4v) is 2.91. The molecule has 0 bridgehead atoms. The van der Waals surface area contributed by atoms with Gasteiger partial charge >= 0.3 is 0 Å². The molecule has 2 N–H and O–H groups in total. The Balaban J connectivity index is 1.86. The van der Waals surface area contributed by atoms with Crippen molar-refractivity contribution < 1.29 is 9.59 Å². The van der Waals surface area contributed by atoms with Gasteiger partial charge in [-0.25, -0.2) is 0 Å². The van der Waals surface area contributed by atoms with E-state index in [9.17, 15) is 14.9 Å². The maximum atomic E-state index is 12.6. The largest absolute Gasteiger partial charge is 0.358 e. The molecule has 0 fully saturated rings. The van der Waals surface area contributed by atoms with Crippen LogP contribution in [0.15, 0.2) is 55.3 Å². The van der Waals surface area contributed by atoms with Crippen molar-refractivity contribution in [1.29, 1.82) is 5.26 Å². The second kappa shape index (κ2) is 7.18. The van der Waals surface area contributed by atoms with Gasteiger partial charge in [0.25, 0.3) is 5.91 Å². The minimum Gasteiger partial charge on any atom is -0.358 e. The summed E-state index contributed by atoms with van der Waals surface area (Å²) in [6.45, 7) is 5.38. The van der Waals surface area contributed by atoms with Crippen molar-refractivity contribution in [2.75, 3.05) is 17.3 Å². The van der Waals surface area contributed by atoms with Crippen molar-refractivity contribution >= 4 is 34.1 Å². The number of aromatic amines is 1. The van der Waals surface area contributed by atoms with E-state index >= 15 is 0 Å². The summed E-state index contributed by atoms with van der Waals surface area (Å²) in [5.41, 5.74) is 3.94. The van der Waals surface area contributed by atoms with Crippen molar-refractivity contribution in [3.63, 3.8) is 0 Å². The average molecular weight is 358 g/mol. The van der Waals surface area contributed by atoms with Crippen LogP contribution in [0.2, 0.25) is 0 Å². The van der Waals surface area contributed by atoms with Gasteiger partial charge in [0, 0.05) is 29.9 Å². The minimum atomic E-state index is -0.280. The third-order valence-corrected chi connectivity index (χ3v) is 4.43. The van der Waals surface area contributed by atoms with Crippen LogP contribution in [0.5, 0.6) is 0 Å². The van der Waals surface area contributed by atoms with Gasteiger partial charge in [-0.05, 0) is 48.9 Å². The van der Waals surface area contributed by atoms with E-state index in [-0.39, 0.29) is 11.8 Å². The first kappa shape index (κ1) is 18.0. The van der Waals surface area contributed by atoms with Gasteiger partial charge in [-0.2, -0.15) is 5.26 Å². The molecule has 3 rings (SSSR count). The second-order valence-corrected chi connectivity index (χ2v) is 6.10. The van der Waals surface area contributed by atoms with Crippen molar-refractivity contribution in [3.05, 3.63) is 71.9 Å². The number of aryl methyl sites for hydroxylation is 1. The van der Waals surface area contributed by atoms with Gasteiger partial charge in [-0.1, -0.05) is 12.6 Å². The highest BCUT2D eigenvalue weighted by Crippen LogP contribution is 2.28. The lowest BCUT2D eigenvalue weighted by atomic mass is 10.1. The van der Waals surface area contributed by atoms with Crippen molar-refractivity contribution in [2.45, 2.75) is 6.92 Å². The van der Waals surface area contributed by atoms with E-state index in [1.807, 2.05) is 13.0 Å². The number of aromatic nitrogens is 1. The SMILES string of the molecule is C=CC(=O)N(C)c1ccc(C(=O)Nc2ccc(C)c3c(C#N)c[nH]c23)cc1. The summed E-state index contributed by atoms with van der Waals surface area (Å²) in [6, 6.07) is 12.5. The van der Waals surface area contributed by atoms with E-state index in [2.05, 4.69) is 22.9 Å². The number of nitriles is 1. The number of rotatable bonds is 4. The van der Waals surface area contributed by atoms with E-state index < -0.39 is 0 Å². The number of H-pyrrole nitrogens is 1. The molecule has 0 saturated carbocycles. The summed E-state index contributed by atoms with van der Waals surface area (Å²) >= 11 is 0. The molecule has 0 aliphatic heterocycles. The van der Waals surface area contributed by atoms with Crippen LogP contribution in [0.3, 0.4) is 0 Å². The number of likely N-dealkylation sites (N-methyl/N-ethyl adjacent to an activating group) is 1. The normalized spacial score (nSPS) is 10.3. The Kier molecular flexibility index (Phi) is 4.77. The van der Waals surface area contributed by atoms with E-state index in [4.69, 9.17) is 0 Å². The highest BCUT2D eigenvalue weighted by Gasteiger charge is 2.14. The summed E-state index contributed by atoms with van der Waals surface area (Å²) < 4.78 is 0. The van der Waals surface area contributed by atoms with E-state index in [1.54, 1.807) is 43.6 Å². The molecule has 0 spiro atoms. The summed E-state index contributed by atoms with van der Waals surface area (Å²) in [4.78, 5) is 28.8. The van der Waals surface area contributed by atoms with Gasteiger partial charge < -0.3 is 15.2 Å². The van der Waals surface area contributed by atoms with Gasteiger partial charge in [-0.15, -0.1) is 0 Å². The molecule has 2 amide bonds. The summed E-state index contributed by atoms with van der Waals surface area (Å²) in [7, 11) is 1.64. The zero-order valence-electron chi connectivity index (χ0n) is 15.0. The molecule has 6 heteroatoms. The Morgan fingerprint density at radius 1 is 1.22 bits per heavy atom. The molecule has 0 radical (unpaired) electrons. The highest BCUT2D eigenvalue weighted by molar-refractivity contribution is 6.10. The molecule has 0 aliphatic rings. The van der Waals surface area contributed by atoms with Gasteiger partial charge in [0.1, 0.15) is 6.07 Å². The standard InChI is InChI=1S/C21H18N4O2/c1-4-18(26)25(3)16-8-6-14(7-9-16)21(27)24-17-10-5-13(2)19-15(11-22)12-23-20(17)19/h4-10,12,23H,1H2,2-3H3,(H,24,27). The van der Waals surface area contributed by atoms with Crippen LogP contribution in [-0.4, -0.2) is 23.8 Å². The Labute approximate surface area is 156 Å². The number of anilines is 2. The highest BCUT2D eigenvalue weighted by atomic mass is 16.2. The van der Waals surface area contributed by atoms with E-state index in [1.165, 1.54) is 11.0 Å². The molecule has 0 aliphatic carbocycles. The smallest absolute Gasteiger partial charge is 0.255 e. The molecule has 0 saturated heterocycles. The quantitative estimate of drug-likeness (QED) is 0.696. The number of hydrogen-bond acceptors (Lipinski definition) is 3. The molecule has 2 aromatic carbocycles. The van der Waals surface area contributed by atoms with Crippen LogP contribution in [0.1, 0.15) is 21.5 Å². The first-order valence-corrected chi connectivity index (χ1v) is 8.28. The number of carbonyl (C=O) groups is 2. The molecular formula is C21H18N4O2. The van der Waals surface area contributed by atoms with Crippen LogP contribution in [-0.2, 0) is 4.79 Å². The number of nitrogens with zero attached hydrogens (tertiary/aromatic N) is 2. The number of nitrogens with one attached hydrogen (secondary N) is 2. The zero-order chi connectivity index (χ0) is 19.6. The van der Waals surface area contributed by atoms with Crippen molar-refractivity contribution in [1.82, 2.24) is 4.98 Å². The average Bonchev–Trinajstić information content (AvgIpc) is 3.14. The third kappa shape index (κ3) is 3.31. The van der Waals surface area contributed by atoms with E-state index in [0.717, 1.165) is 10.9 Å². The monoisotopic (exact) mass is 358 g/mol. The predicted octanol–water partition coefficient (Wildman–Crippen LogP) is 3.75. The summed E-state index contributed by atoms with van der Waals surface area (Å²) in [5.74, 6) is -0.508. The number of fused-ring (bicyclic) bond motifs is 1. The Morgan fingerprint density at radius 2 is 1.93 bits per heavy atom. The fraction of sp³-hybridized carbons (Fsp3) is 0.0952. The lowest BCUT2D eigenvalue weighted by molar-refractivity contribution is -0.113. The van der Waals surface area contributed by atoms with Crippen LogP contribution in [0, 0.1) is 18.3 Å². The molecule has 3 aromatic rings. The minimum absolute atomic E-state index is 0.228. The Morgan fingerprint density at radius 3 is 2.56 bits per heavy atom. The summed E-state index contributed by atoms with van der Waals surface area (Å²) in [5, 5.41) is 12.9. The first-order chi connectivity index (χ1) is 13.0. The maximum absolute atomic E-state index is 12.6. The van der Waals surface area contributed by atoms with Crippen LogP contribution in [0.25, 0.3) is 10.9 Å². The fourth-order valence-electron chi connectivity index (χ4n) is 2.91. The Hall–Kier alpha value is -3.85. The van der Waals surface area contributed by atoms with Gasteiger partial charge in [0.15, 0.2) is 0 Å². The molecule has 27 heavy (non-hydrogen) atoms. The topological polar surface area (TPSA) is 89.0 Å². The van der Waals surface area contributed by atoms with Gasteiger partial charge in [0.05, 0.1) is 16.8 Å². The Bertz CT molecular complexity index is 1090. The lowest BCUT2D eigenvalue weighted by Crippen LogP contribution is -2.23.